The molecule has 0 saturated heterocycles. The molecule has 1 fully saturated rings. The minimum Gasteiger partial charge on any atom is -0.473 e. The van der Waals surface area contributed by atoms with Crippen LogP contribution in [0.15, 0.2) is 6.07 Å². The number of pyridine rings is 1. The normalized spacial score (nSPS) is 23.2. The molecule has 0 bridgehead atoms. The van der Waals surface area contributed by atoms with E-state index in [1.54, 1.807) is 13.1 Å². The van der Waals surface area contributed by atoms with Gasteiger partial charge in [-0.15, -0.1) is 0 Å². The van der Waals surface area contributed by atoms with Crippen LogP contribution in [0.4, 0.5) is 5.82 Å². The second-order valence-corrected chi connectivity index (χ2v) is 5.85. The molecular weight excluding hydrogens is 283 g/mol. The molecule has 106 valence electrons. The Morgan fingerprint density at radius 3 is 2.84 bits per heavy atom. The number of ether oxygens (including phenoxy) is 1. The van der Waals surface area contributed by atoms with Crippen molar-refractivity contribution in [1.82, 2.24) is 4.98 Å². The predicted molar refractivity (Wildman–Crippen MR) is 80.5 cm³/mol. The third kappa shape index (κ3) is 3.67. The summed E-state index contributed by atoms with van der Waals surface area (Å²) in [6.07, 6.45) is 6.11. The first kappa shape index (κ1) is 14.7. The molecule has 1 aliphatic rings. The molecule has 0 aromatic carbocycles. The lowest BCUT2D eigenvalue weighted by Gasteiger charge is -2.28. The van der Waals surface area contributed by atoms with Gasteiger partial charge in [-0.05, 0) is 31.2 Å². The van der Waals surface area contributed by atoms with Crippen molar-refractivity contribution in [3.63, 3.8) is 0 Å². The second-order valence-electron chi connectivity index (χ2n) is 5.04. The molecule has 1 N–H and O–H groups in total. The maximum Gasteiger partial charge on any atom is 0.234 e. The summed E-state index contributed by atoms with van der Waals surface area (Å²) in [7, 11) is 1.78. The molecule has 0 aliphatic heterocycles. The van der Waals surface area contributed by atoms with Crippen LogP contribution in [0.5, 0.6) is 5.88 Å². The van der Waals surface area contributed by atoms with Gasteiger partial charge in [0, 0.05) is 7.05 Å². The monoisotopic (exact) mass is 302 g/mol. The van der Waals surface area contributed by atoms with Crippen molar-refractivity contribution >= 4 is 29.0 Å². The molecule has 1 aromatic heterocycles. The van der Waals surface area contributed by atoms with E-state index in [2.05, 4.69) is 17.2 Å². The SMILES string of the molecule is CCC1CCCC(Oc2nc(NC)c(Cl)cc2Cl)C1. The van der Waals surface area contributed by atoms with E-state index in [1.165, 1.54) is 19.3 Å². The molecule has 3 nitrogen and oxygen atoms in total. The number of anilines is 1. The lowest BCUT2D eigenvalue weighted by atomic mass is 9.85. The molecule has 2 rings (SSSR count). The largest absolute Gasteiger partial charge is 0.473 e. The summed E-state index contributed by atoms with van der Waals surface area (Å²) >= 11 is 12.2. The third-order valence-electron chi connectivity index (χ3n) is 3.72. The van der Waals surface area contributed by atoms with Crippen molar-refractivity contribution in [3.05, 3.63) is 16.1 Å². The van der Waals surface area contributed by atoms with Crippen molar-refractivity contribution < 1.29 is 4.74 Å². The molecule has 2 unspecified atom stereocenters. The van der Waals surface area contributed by atoms with Crippen LogP contribution in [0.25, 0.3) is 0 Å². The molecule has 0 radical (unpaired) electrons. The Bertz CT molecular complexity index is 440. The van der Waals surface area contributed by atoms with Gasteiger partial charge in [0.1, 0.15) is 16.9 Å². The number of aromatic nitrogens is 1. The molecule has 1 aromatic rings. The molecule has 5 heteroatoms. The molecule has 1 saturated carbocycles. The van der Waals surface area contributed by atoms with E-state index in [1.807, 2.05) is 0 Å². The summed E-state index contributed by atoms with van der Waals surface area (Å²) in [5.74, 6) is 1.84. The van der Waals surface area contributed by atoms with Crippen molar-refractivity contribution in [2.45, 2.75) is 45.1 Å². The third-order valence-corrected chi connectivity index (χ3v) is 4.28. The van der Waals surface area contributed by atoms with Crippen LogP contribution in [-0.4, -0.2) is 18.1 Å². The van der Waals surface area contributed by atoms with Gasteiger partial charge in [-0.2, -0.15) is 4.98 Å². The number of nitrogens with zero attached hydrogens (tertiary/aromatic N) is 1. The molecule has 2 atom stereocenters. The van der Waals surface area contributed by atoms with Crippen molar-refractivity contribution in [3.8, 4) is 5.88 Å². The Morgan fingerprint density at radius 2 is 2.16 bits per heavy atom. The van der Waals surface area contributed by atoms with Crippen molar-refractivity contribution in [1.29, 1.82) is 0 Å². The first-order valence-corrected chi connectivity index (χ1v) is 7.60. The van der Waals surface area contributed by atoms with Crippen molar-refractivity contribution in [2.24, 2.45) is 5.92 Å². The smallest absolute Gasteiger partial charge is 0.234 e. The van der Waals surface area contributed by atoms with E-state index >= 15 is 0 Å². The number of hydrogen-bond acceptors (Lipinski definition) is 3. The summed E-state index contributed by atoms with van der Waals surface area (Å²) in [5, 5.41) is 3.92. The summed E-state index contributed by atoms with van der Waals surface area (Å²) in [4.78, 5) is 4.34. The van der Waals surface area contributed by atoms with Gasteiger partial charge < -0.3 is 10.1 Å². The van der Waals surface area contributed by atoms with Crippen LogP contribution in [0.2, 0.25) is 10.0 Å². The number of halogens is 2. The molecule has 19 heavy (non-hydrogen) atoms. The van der Waals surface area contributed by atoms with Gasteiger partial charge in [0.25, 0.3) is 0 Å². The molecule has 0 amide bonds. The minimum atomic E-state index is 0.217. The van der Waals surface area contributed by atoms with Gasteiger partial charge in [0.15, 0.2) is 0 Å². The number of rotatable bonds is 4. The highest BCUT2D eigenvalue weighted by atomic mass is 35.5. The molecule has 1 aliphatic carbocycles. The van der Waals surface area contributed by atoms with Crippen LogP contribution in [-0.2, 0) is 0 Å². The first-order valence-electron chi connectivity index (χ1n) is 6.84. The Hall–Kier alpha value is -0.670. The summed E-state index contributed by atoms with van der Waals surface area (Å²) in [6, 6.07) is 1.68. The standard InChI is InChI=1S/C14H20Cl2N2O/c1-3-9-5-4-6-10(7-9)19-14-12(16)8-11(15)13(17-2)18-14/h8-10H,3-7H2,1-2H3,(H,17,18). The minimum absolute atomic E-state index is 0.217. The Labute approximate surface area is 124 Å². The first-order chi connectivity index (χ1) is 9.13. The van der Waals surface area contributed by atoms with E-state index in [4.69, 9.17) is 27.9 Å². The van der Waals surface area contributed by atoms with Crippen LogP contribution in [0.1, 0.15) is 39.0 Å². The highest BCUT2D eigenvalue weighted by molar-refractivity contribution is 6.36. The predicted octanol–water partition coefficient (Wildman–Crippen LogP) is 4.78. The van der Waals surface area contributed by atoms with E-state index < -0.39 is 0 Å². The number of hydrogen-bond donors (Lipinski definition) is 1. The second kappa shape index (κ2) is 6.67. The fourth-order valence-electron chi connectivity index (χ4n) is 2.59. The average Bonchev–Trinajstić information content (AvgIpc) is 2.42. The Balaban J connectivity index is 2.10. The van der Waals surface area contributed by atoms with Crippen LogP contribution in [0.3, 0.4) is 0 Å². The highest BCUT2D eigenvalue weighted by Gasteiger charge is 2.23. The van der Waals surface area contributed by atoms with Gasteiger partial charge in [-0.1, -0.05) is 43.0 Å². The van der Waals surface area contributed by atoms with Crippen molar-refractivity contribution in [2.75, 3.05) is 12.4 Å². The van der Waals surface area contributed by atoms with Gasteiger partial charge in [0.05, 0.1) is 5.02 Å². The van der Waals surface area contributed by atoms with E-state index in [0.29, 0.717) is 21.7 Å². The lowest BCUT2D eigenvalue weighted by Crippen LogP contribution is -2.25. The summed E-state index contributed by atoms with van der Waals surface area (Å²) < 4.78 is 5.97. The van der Waals surface area contributed by atoms with Gasteiger partial charge in [0.2, 0.25) is 5.88 Å². The van der Waals surface area contributed by atoms with Crippen LogP contribution >= 0.6 is 23.2 Å². The van der Waals surface area contributed by atoms with Gasteiger partial charge in [-0.3, -0.25) is 0 Å². The number of nitrogens with one attached hydrogen (secondary N) is 1. The summed E-state index contributed by atoms with van der Waals surface area (Å²) in [6.45, 7) is 2.24. The van der Waals surface area contributed by atoms with Crippen LogP contribution in [0, 0.1) is 5.92 Å². The Kier molecular flexibility index (Phi) is 5.17. The zero-order valence-corrected chi connectivity index (χ0v) is 12.9. The molecular formula is C14H20Cl2N2O. The van der Waals surface area contributed by atoms with E-state index in [0.717, 1.165) is 18.8 Å². The zero-order chi connectivity index (χ0) is 13.8. The molecule has 0 spiro atoms. The fraction of sp³-hybridized carbons (Fsp3) is 0.643. The van der Waals surface area contributed by atoms with Crippen LogP contribution < -0.4 is 10.1 Å². The maximum absolute atomic E-state index is 6.15. The zero-order valence-electron chi connectivity index (χ0n) is 11.4. The van der Waals surface area contributed by atoms with Gasteiger partial charge in [-0.25, -0.2) is 0 Å². The summed E-state index contributed by atoms with van der Waals surface area (Å²) in [5.41, 5.74) is 0. The Morgan fingerprint density at radius 1 is 1.37 bits per heavy atom. The van der Waals surface area contributed by atoms with Gasteiger partial charge >= 0.3 is 0 Å². The fourth-order valence-corrected chi connectivity index (χ4v) is 3.08. The molecule has 1 heterocycles. The van der Waals surface area contributed by atoms with E-state index in [-0.39, 0.29) is 6.10 Å². The van der Waals surface area contributed by atoms with E-state index in [9.17, 15) is 0 Å². The topological polar surface area (TPSA) is 34.1 Å². The lowest BCUT2D eigenvalue weighted by molar-refractivity contribution is 0.117. The maximum atomic E-state index is 6.15. The average molecular weight is 303 g/mol. The highest BCUT2D eigenvalue weighted by Crippen LogP contribution is 2.34. The quantitative estimate of drug-likeness (QED) is 0.869.